The standard InChI is InChI=1S/C7H11F3N3O3PS/c1-11-7(12-2,17-18)13(3-4(14)15)5(16)6(8,9)10/h11-12H,3H2,1-2H3,(H,14,15). The molecule has 1 amide bonds. The van der Waals surface area contributed by atoms with Crippen molar-refractivity contribution in [2.24, 2.45) is 0 Å². The maximum Gasteiger partial charge on any atom is 0.471 e. The van der Waals surface area contributed by atoms with Gasteiger partial charge in [0.25, 0.3) is 0 Å². The summed E-state index contributed by atoms with van der Waals surface area (Å²) in [7, 11) is 2.41. The minimum absolute atomic E-state index is 0.101. The van der Waals surface area contributed by atoms with Gasteiger partial charge in [0.15, 0.2) is 0 Å². The minimum Gasteiger partial charge on any atom is -0.480 e. The maximum atomic E-state index is 12.4. The lowest BCUT2D eigenvalue weighted by Crippen LogP contribution is -2.66. The number of aliphatic carboxylic acids is 1. The van der Waals surface area contributed by atoms with Gasteiger partial charge in [0.2, 0.25) is 5.53 Å². The van der Waals surface area contributed by atoms with Crippen LogP contribution in [0.3, 0.4) is 0 Å². The molecule has 0 heterocycles. The van der Waals surface area contributed by atoms with Crippen molar-refractivity contribution in [2.45, 2.75) is 11.7 Å². The molecule has 104 valence electrons. The molecule has 0 aliphatic rings. The summed E-state index contributed by atoms with van der Waals surface area (Å²) in [6.07, 6.45) is -5.19. The van der Waals surface area contributed by atoms with Gasteiger partial charge < -0.3 is 5.11 Å². The fourth-order valence-corrected chi connectivity index (χ4v) is 2.44. The summed E-state index contributed by atoms with van der Waals surface area (Å²) in [5.41, 5.74) is -1.78. The second-order valence-corrected chi connectivity index (χ2v) is 4.42. The molecule has 18 heavy (non-hydrogen) atoms. The van der Waals surface area contributed by atoms with E-state index >= 15 is 0 Å². The molecule has 11 heteroatoms. The third-order valence-electron chi connectivity index (χ3n) is 2.00. The summed E-state index contributed by atoms with van der Waals surface area (Å²) in [4.78, 5) is 21.9. The molecule has 0 aromatic heterocycles. The summed E-state index contributed by atoms with van der Waals surface area (Å²) in [5.74, 6) is -3.87. The summed E-state index contributed by atoms with van der Waals surface area (Å²) in [6.45, 7) is -1.14. The van der Waals surface area contributed by atoms with Crippen LogP contribution in [0.5, 0.6) is 0 Å². The number of halogens is 3. The predicted molar refractivity (Wildman–Crippen MR) is 60.5 cm³/mol. The van der Waals surface area contributed by atoms with Crippen molar-refractivity contribution in [2.75, 3.05) is 20.6 Å². The number of amides is 1. The molecule has 0 radical (unpaired) electrons. The Hall–Kier alpha value is -0.830. The van der Waals surface area contributed by atoms with E-state index in [1.165, 1.54) is 14.1 Å². The number of hydrogen-bond donors (Lipinski definition) is 3. The van der Waals surface area contributed by atoms with Crippen molar-refractivity contribution in [3.05, 3.63) is 0 Å². The average Bonchev–Trinajstić information content (AvgIpc) is 2.28. The highest BCUT2D eigenvalue weighted by molar-refractivity contribution is 7.97. The summed E-state index contributed by atoms with van der Waals surface area (Å²) in [6, 6.07) is 0. The number of alkyl halides is 3. The van der Waals surface area contributed by atoms with Crippen LogP contribution in [0.2, 0.25) is 0 Å². The summed E-state index contributed by atoms with van der Waals surface area (Å²) >= 11 is 4.65. The van der Waals surface area contributed by atoms with Crippen molar-refractivity contribution in [1.82, 2.24) is 15.5 Å². The van der Waals surface area contributed by atoms with Crippen LogP contribution < -0.4 is 10.6 Å². The first-order valence-electron chi connectivity index (χ1n) is 4.47. The normalized spacial score (nSPS) is 12.5. The van der Waals surface area contributed by atoms with E-state index in [-0.39, 0.29) is 12.3 Å². The molecule has 0 aromatic carbocycles. The van der Waals surface area contributed by atoms with Gasteiger partial charge in [0.1, 0.15) is 6.54 Å². The number of carboxylic acids is 1. The Labute approximate surface area is 107 Å². The molecule has 6 nitrogen and oxygen atoms in total. The van der Waals surface area contributed by atoms with Crippen LogP contribution in [-0.2, 0) is 21.4 Å². The highest BCUT2D eigenvalue weighted by atomic mass is 32.4. The van der Waals surface area contributed by atoms with Gasteiger partial charge in [-0.25, -0.2) is 0 Å². The Balaban J connectivity index is 5.53. The first-order valence-corrected chi connectivity index (χ1v) is 6.38. The van der Waals surface area contributed by atoms with Crippen LogP contribution in [0.1, 0.15) is 0 Å². The summed E-state index contributed by atoms with van der Waals surface area (Å²) < 4.78 is 37.2. The average molecular weight is 305 g/mol. The molecule has 0 fully saturated rings. The molecule has 0 saturated heterocycles. The highest BCUT2D eigenvalue weighted by Gasteiger charge is 2.49. The number of carbonyl (C=O) groups excluding carboxylic acids is 1. The molecule has 0 rings (SSSR count). The molecule has 0 aromatic rings. The molecule has 0 spiro atoms. The minimum atomic E-state index is -5.19. The maximum absolute atomic E-state index is 12.4. The molecular weight excluding hydrogens is 294 g/mol. The van der Waals surface area contributed by atoms with Crippen LogP contribution in [0.25, 0.3) is 0 Å². The Kier molecular flexibility index (Phi) is 6.08. The molecule has 3 N–H and O–H groups in total. The molecule has 0 bridgehead atoms. The van der Waals surface area contributed by atoms with E-state index in [1.54, 1.807) is 0 Å². The number of rotatable bonds is 6. The number of carboxylic acid groups (broad SMARTS) is 1. The molecule has 0 saturated carbocycles. The Morgan fingerprint density at radius 1 is 1.33 bits per heavy atom. The van der Waals surface area contributed by atoms with E-state index in [4.69, 9.17) is 5.11 Å². The quantitative estimate of drug-likeness (QED) is 0.470. The first-order chi connectivity index (χ1) is 8.14. The van der Waals surface area contributed by atoms with E-state index in [1.807, 2.05) is 0 Å². The SMILES string of the molecule is CNC(NC)(P=S)N(CC(=O)O)C(=O)C(F)(F)F. The van der Waals surface area contributed by atoms with Crippen molar-refractivity contribution in [3.8, 4) is 0 Å². The number of nitrogens with one attached hydrogen (secondary N) is 2. The lowest BCUT2D eigenvalue weighted by molar-refractivity contribution is -0.191. The van der Waals surface area contributed by atoms with E-state index in [0.717, 1.165) is 0 Å². The molecule has 0 aliphatic carbocycles. The zero-order chi connectivity index (χ0) is 14.6. The van der Waals surface area contributed by atoms with Crippen molar-refractivity contribution in [3.63, 3.8) is 0 Å². The van der Waals surface area contributed by atoms with Gasteiger partial charge in [0.05, 0.1) is 0 Å². The van der Waals surface area contributed by atoms with Gasteiger partial charge >= 0.3 is 18.1 Å². The zero-order valence-corrected chi connectivity index (χ0v) is 11.1. The van der Waals surface area contributed by atoms with E-state index < -0.39 is 30.1 Å². The fraction of sp³-hybridized carbons (Fsp3) is 0.714. The fourth-order valence-electron chi connectivity index (χ4n) is 1.16. The number of hydrogen-bond acceptors (Lipinski definition) is 5. The van der Waals surface area contributed by atoms with Gasteiger partial charge in [-0.3, -0.25) is 25.1 Å². The molecule has 0 unspecified atom stereocenters. The van der Waals surface area contributed by atoms with Crippen LogP contribution in [0.4, 0.5) is 13.2 Å². The lowest BCUT2D eigenvalue weighted by Gasteiger charge is -2.38. The van der Waals surface area contributed by atoms with Gasteiger partial charge in [-0.2, -0.15) is 13.2 Å². The Morgan fingerprint density at radius 2 is 1.78 bits per heavy atom. The smallest absolute Gasteiger partial charge is 0.471 e. The van der Waals surface area contributed by atoms with Gasteiger partial charge in [-0.05, 0) is 14.1 Å². The lowest BCUT2D eigenvalue weighted by atomic mass is 10.4. The van der Waals surface area contributed by atoms with Crippen LogP contribution in [0.15, 0.2) is 0 Å². The number of nitrogens with zero attached hydrogens (tertiary/aromatic N) is 1. The Morgan fingerprint density at radius 3 is 2.00 bits per heavy atom. The predicted octanol–water partition coefficient (Wildman–Crippen LogP) is -0.0799. The molecule has 0 atom stereocenters. The second-order valence-electron chi connectivity index (χ2n) is 3.05. The van der Waals surface area contributed by atoms with Crippen molar-refractivity contribution < 1.29 is 27.9 Å². The largest absolute Gasteiger partial charge is 0.480 e. The zero-order valence-electron chi connectivity index (χ0n) is 9.41. The molecule has 0 aliphatic heterocycles. The van der Waals surface area contributed by atoms with E-state index in [2.05, 4.69) is 22.4 Å². The van der Waals surface area contributed by atoms with Crippen molar-refractivity contribution >= 4 is 31.0 Å². The van der Waals surface area contributed by atoms with Gasteiger partial charge in [-0.1, -0.05) is 11.8 Å². The highest BCUT2D eigenvalue weighted by Crippen LogP contribution is 2.27. The van der Waals surface area contributed by atoms with Gasteiger partial charge in [-0.15, -0.1) is 0 Å². The van der Waals surface area contributed by atoms with Crippen LogP contribution in [-0.4, -0.2) is 54.2 Å². The van der Waals surface area contributed by atoms with Crippen molar-refractivity contribution in [1.29, 1.82) is 0 Å². The second kappa shape index (κ2) is 6.37. The monoisotopic (exact) mass is 305 g/mol. The van der Waals surface area contributed by atoms with E-state index in [0.29, 0.717) is 0 Å². The number of carbonyl (C=O) groups is 2. The first kappa shape index (κ1) is 17.2. The molecular formula is C7H11F3N3O3PS. The third kappa shape index (κ3) is 3.84. The van der Waals surface area contributed by atoms with Gasteiger partial charge in [0, 0.05) is 7.36 Å². The van der Waals surface area contributed by atoms with E-state index in [9.17, 15) is 22.8 Å². The third-order valence-corrected chi connectivity index (χ3v) is 3.75. The Bertz CT molecular complexity index is 349. The topological polar surface area (TPSA) is 81.7 Å². The van der Waals surface area contributed by atoms with Crippen LogP contribution in [0, 0.1) is 0 Å². The summed E-state index contributed by atoms with van der Waals surface area (Å²) in [5, 5.41) is 13.4. The van der Waals surface area contributed by atoms with Crippen LogP contribution >= 0.6 is 7.36 Å².